The Bertz CT molecular complexity index is 551. The van der Waals surface area contributed by atoms with E-state index in [0.29, 0.717) is 11.8 Å². The van der Waals surface area contributed by atoms with Crippen molar-refractivity contribution in [3.05, 3.63) is 28.3 Å². The number of piperazine rings is 1. The van der Waals surface area contributed by atoms with Gasteiger partial charge in [0.2, 0.25) is 0 Å². The first-order valence-corrected chi connectivity index (χ1v) is 7.08. The van der Waals surface area contributed by atoms with Crippen LogP contribution in [-0.4, -0.2) is 60.4 Å². The third-order valence-corrected chi connectivity index (χ3v) is 4.31. The predicted octanol–water partition coefficient (Wildman–Crippen LogP) is 0.859. The maximum absolute atomic E-state index is 10.8. The number of aliphatic hydroxyl groups is 1. The molecular weight excluding hydrogens is 274 g/mol. The average molecular weight is 293 g/mol. The van der Waals surface area contributed by atoms with E-state index >= 15 is 0 Å². The van der Waals surface area contributed by atoms with Crippen LogP contribution < -0.4 is 9.64 Å². The lowest BCUT2D eigenvalue weighted by atomic mass is 10.1. The molecule has 114 valence electrons. The van der Waals surface area contributed by atoms with Crippen molar-refractivity contribution in [3.8, 4) is 5.75 Å². The van der Waals surface area contributed by atoms with E-state index in [-0.39, 0.29) is 11.8 Å². The number of benzene rings is 1. The summed E-state index contributed by atoms with van der Waals surface area (Å²) in [5, 5.41) is 20.6. The van der Waals surface area contributed by atoms with E-state index in [1.54, 1.807) is 6.07 Å². The van der Waals surface area contributed by atoms with Gasteiger partial charge in [-0.2, -0.15) is 0 Å². The van der Waals surface area contributed by atoms with Gasteiger partial charge in [0.1, 0.15) is 5.75 Å². The molecule has 0 amide bonds. The summed E-state index contributed by atoms with van der Waals surface area (Å²) in [4.78, 5) is 14.9. The van der Waals surface area contributed by atoms with E-state index in [9.17, 15) is 15.2 Å². The molecular formula is C14H19N3O4. The third kappa shape index (κ3) is 2.66. The number of methoxy groups -OCH3 is 1. The predicted molar refractivity (Wildman–Crippen MR) is 77.8 cm³/mol. The molecule has 2 aliphatic rings. The Balaban J connectivity index is 1.82. The lowest BCUT2D eigenvalue weighted by molar-refractivity contribution is -0.384. The Morgan fingerprint density at radius 2 is 2.19 bits per heavy atom. The van der Waals surface area contributed by atoms with Gasteiger partial charge in [-0.05, 0) is 12.5 Å². The molecule has 0 aromatic heterocycles. The van der Waals surface area contributed by atoms with Crippen LogP contribution in [0.3, 0.4) is 0 Å². The second kappa shape index (κ2) is 5.50. The number of hydrogen-bond acceptors (Lipinski definition) is 6. The fourth-order valence-corrected chi connectivity index (χ4v) is 3.28. The van der Waals surface area contributed by atoms with Crippen LogP contribution in [-0.2, 0) is 0 Å². The van der Waals surface area contributed by atoms with Gasteiger partial charge in [-0.1, -0.05) is 0 Å². The molecule has 0 bridgehead atoms. The maximum atomic E-state index is 10.8. The lowest BCUT2D eigenvalue weighted by Gasteiger charge is -2.39. The number of rotatable bonds is 3. The summed E-state index contributed by atoms with van der Waals surface area (Å²) in [5.41, 5.74) is 0.912. The number of fused-ring (bicyclic) bond motifs is 1. The van der Waals surface area contributed by atoms with Crippen molar-refractivity contribution >= 4 is 11.4 Å². The summed E-state index contributed by atoms with van der Waals surface area (Å²) in [5.74, 6) is 0.524. The Kier molecular flexibility index (Phi) is 3.69. The largest absolute Gasteiger partial charge is 0.494 e. The molecule has 1 aromatic rings. The normalized spacial score (nSPS) is 25.7. The second-order valence-electron chi connectivity index (χ2n) is 5.60. The van der Waals surface area contributed by atoms with Crippen molar-refractivity contribution in [2.45, 2.75) is 18.6 Å². The van der Waals surface area contributed by atoms with Crippen LogP contribution in [0.5, 0.6) is 5.75 Å². The zero-order valence-electron chi connectivity index (χ0n) is 11.9. The topological polar surface area (TPSA) is 79.1 Å². The molecule has 0 aliphatic carbocycles. The highest BCUT2D eigenvalue weighted by atomic mass is 16.6. The van der Waals surface area contributed by atoms with E-state index in [1.807, 2.05) is 0 Å². The van der Waals surface area contributed by atoms with Crippen LogP contribution in [0.25, 0.3) is 0 Å². The Morgan fingerprint density at radius 3 is 2.90 bits per heavy atom. The molecule has 1 N–H and O–H groups in total. The molecule has 0 spiro atoms. The van der Waals surface area contributed by atoms with Crippen LogP contribution in [0.1, 0.15) is 6.42 Å². The van der Waals surface area contributed by atoms with Gasteiger partial charge in [-0.15, -0.1) is 0 Å². The van der Waals surface area contributed by atoms with Crippen molar-refractivity contribution < 1.29 is 14.8 Å². The zero-order valence-corrected chi connectivity index (χ0v) is 11.9. The molecule has 2 heterocycles. The fraction of sp³-hybridized carbons (Fsp3) is 0.571. The van der Waals surface area contributed by atoms with Gasteiger partial charge in [-0.3, -0.25) is 15.0 Å². The fourth-order valence-electron chi connectivity index (χ4n) is 3.28. The number of nitro benzene ring substituents is 1. The molecule has 2 fully saturated rings. The maximum Gasteiger partial charge on any atom is 0.273 e. The van der Waals surface area contributed by atoms with E-state index in [1.165, 1.54) is 19.2 Å². The van der Waals surface area contributed by atoms with Crippen LogP contribution in [0.4, 0.5) is 11.4 Å². The highest BCUT2D eigenvalue weighted by Crippen LogP contribution is 2.34. The zero-order chi connectivity index (χ0) is 15.0. The molecule has 2 unspecified atom stereocenters. The number of nitro groups is 1. The van der Waals surface area contributed by atoms with Gasteiger partial charge >= 0.3 is 0 Å². The van der Waals surface area contributed by atoms with E-state index < -0.39 is 4.92 Å². The monoisotopic (exact) mass is 293 g/mol. The van der Waals surface area contributed by atoms with Gasteiger partial charge in [-0.25, -0.2) is 0 Å². The van der Waals surface area contributed by atoms with Gasteiger partial charge in [0, 0.05) is 38.3 Å². The van der Waals surface area contributed by atoms with E-state index in [4.69, 9.17) is 4.74 Å². The molecule has 2 saturated heterocycles. The summed E-state index contributed by atoms with van der Waals surface area (Å²) >= 11 is 0. The Labute approximate surface area is 122 Å². The van der Waals surface area contributed by atoms with Gasteiger partial charge in [0.15, 0.2) is 0 Å². The van der Waals surface area contributed by atoms with Crippen molar-refractivity contribution in [1.82, 2.24) is 4.90 Å². The Morgan fingerprint density at radius 1 is 1.38 bits per heavy atom. The minimum Gasteiger partial charge on any atom is -0.494 e. The van der Waals surface area contributed by atoms with Crippen molar-refractivity contribution in [3.63, 3.8) is 0 Å². The lowest BCUT2D eigenvalue weighted by Crippen LogP contribution is -2.50. The summed E-state index contributed by atoms with van der Waals surface area (Å²) in [7, 11) is 1.53. The summed E-state index contributed by atoms with van der Waals surface area (Å²) in [6.07, 6.45) is 0.542. The van der Waals surface area contributed by atoms with Crippen molar-refractivity contribution in [2.75, 3.05) is 38.2 Å². The standard InChI is InChI=1S/C14H19N3O4/c1-21-14-7-10(17(19)20)2-3-13(14)16-5-4-15-9-12(18)6-11(15)8-16/h2-3,7,11-12,18H,4-6,8-9H2,1H3. The number of ether oxygens (including phenoxy) is 1. The molecule has 3 rings (SSSR count). The minimum absolute atomic E-state index is 0.0329. The number of hydrogen-bond donors (Lipinski definition) is 1. The quantitative estimate of drug-likeness (QED) is 0.658. The molecule has 2 atom stereocenters. The molecule has 0 saturated carbocycles. The van der Waals surface area contributed by atoms with Crippen LogP contribution in [0, 0.1) is 10.1 Å². The smallest absolute Gasteiger partial charge is 0.273 e. The third-order valence-electron chi connectivity index (χ3n) is 4.31. The number of non-ortho nitro benzene ring substituents is 1. The first kappa shape index (κ1) is 14.1. The minimum atomic E-state index is -0.419. The summed E-state index contributed by atoms with van der Waals surface area (Å²) in [6.45, 7) is 3.28. The average Bonchev–Trinajstić information content (AvgIpc) is 2.85. The van der Waals surface area contributed by atoms with Crippen LogP contribution in [0.15, 0.2) is 18.2 Å². The highest BCUT2D eigenvalue weighted by Gasteiger charge is 2.36. The Hall–Kier alpha value is -1.86. The number of anilines is 1. The van der Waals surface area contributed by atoms with Crippen LogP contribution in [0.2, 0.25) is 0 Å². The molecule has 2 aliphatic heterocycles. The van der Waals surface area contributed by atoms with Gasteiger partial charge in [0.05, 0.1) is 29.9 Å². The SMILES string of the molecule is COc1cc([N+](=O)[O-])ccc1N1CCN2CC(O)CC2C1. The first-order chi connectivity index (χ1) is 10.1. The first-order valence-electron chi connectivity index (χ1n) is 7.08. The highest BCUT2D eigenvalue weighted by molar-refractivity contribution is 5.62. The van der Waals surface area contributed by atoms with Crippen molar-refractivity contribution in [2.24, 2.45) is 0 Å². The van der Waals surface area contributed by atoms with Gasteiger partial charge in [0.25, 0.3) is 5.69 Å². The van der Waals surface area contributed by atoms with E-state index in [2.05, 4.69) is 9.80 Å². The number of nitrogens with zero attached hydrogens (tertiary/aromatic N) is 3. The molecule has 7 heteroatoms. The van der Waals surface area contributed by atoms with E-state index in [0.717, 1.165) is 38.3 Å². The molecule has 7 nitrogen and oxygen atoms in total. The molecule has 21 heavy (non-hydrogen) atoms. The second-order valence-corrected chi connectivity index (χ2v) is 5.60. The van der Waals surface area contributed by atoms with Crippen molar-refractivity contribution in [1.29, 1.82) is 0 Å². The number of aliphatic hydroxyl groups excluding tert-OH is 1. The molecule has 0 radical (unpaired) electrons. The summed E-state index contributed by atoms with van der Waals surface area (Å²) < 4.78 is 5.31. The van der Waals surface area contributed by atoms with Gasteiger partial charge < -0.3 is 14.7 Å². The van der Waals surface area contributed by atoms with Crippen LogP contribution >= 0.6 is 0 Å². The molecule has 1 aromatic carbocycles. The summed E-state index contributed by atoms with van der Waals surface area (Å²) in [6, 6.07) is 5.06.